The molecule has 1 aliphatic heterocycles. The maximum absolute atomic E-state index is 11.1. The average molecular weight is 434 g/mol. The number of fused-ring (bicyclic) bond motifs is 1. The number of aliphatic hydroxyl groups excluding tert-OH is 1. The lowest BCUT2D eigenvalue weighted by atomic mass is 9.87. The molecule has 2 fully saturated rings. The van der Waals surface area contributed by atoms with Crippen LogP contribution in [0.25, 0.3) is 0 Å². The molecule has 1 aliphatic carbocycles. The lowest BCUT2D eigenvalue weighted by Gasteiger charge is -2.33. The number of aromatic carboxylic acids is 1. The normalized spacial score (nSPS) is 28.3. The monoisotopic (exact) mass is 433 g/mol. The van der Waals surface area contributed by atoms with Crippen molar-refractivity contribution in [1.29, 1.82) is 0 Å². The fourth-order valence-corrected chi connectivity index (χ4v) is 5.41. The Morgan fingerprint density at radius 3 is 2.90 bits per heavy atom. The number of ether oxygens (including phenoxy) is 3. The zero-order valence-electron chi connectivity index (χ0n) is 17.1. The van der Waals surface area contributed by atoms with E-state index in [1.807, 2.05) is 25.1 Å². The largest absolute Gasteiger partial charge is 0.493 e. The van der Waals surface area contributed by atoms with Crippen molar-refractivity contribution in [3.8, 4) is 5.75 Å². The first-order valence-corrected chi connectivity index (χ1v) is 11.1. The van der Waals surface area contributed by atoms with Crippen molar-refractivity contribution in [2.75, 3.05) is 13.7 Å². The summed E-state index contributed by atoms with van der Waals surface area (Å²) in [5, 5.41) is 22.0. The Morgan fingerprint density at radius 1 is 1.37 bits per heavy atom. The van der Waals surface area contributed by atoms with Crippen molar-refractivity contribution < 1.29 is 29.2 Å². The number of aryl methyl sites for hydroxylation is 1. The van der Waals surface area contributed by atoms with Gasteiger partial charge in [0, 0.05) is 24.8 Å². The van der Waals surface area contributed by atoms with Gasteiger partial charge in [0.1, 0.15) is 16.9 Å². The minimum Gasteiger partial charge on any atom is -0.493 e. The summed E-state index contributed by atoms with van der Waals surface area (Å²) in [5.41, 5.74) is 2.31. The van der Waals surface area contributed by atoms with Crippen molar-refractivity contribution in [2.24, 2.45) is 11.8 Å². The average Bonchev–Trinajstić information content (AvgIpc) is 3.32. The molecule has 0 spiro atoms. The minimum atomic E-state index is -1.02. The van der Waals surface area contributed by atoms with E-state index in [-0.39, 0.29) is 29.7 Å². The molecular formula is C22H27NO6S. The van der Waals surface area contributed by atoms with Crippen molar-refractivity contribution in [3.05, 3.63) is 45.4 Å². The van der Waals surface area contributed by atoms with Crippen LogP contribution >= 0.6 is 11.3 Å². The van der Waals surface area contributed by atoms with Crippen LogP contribution in [0.15, 0.2) is 23.6 Å². The van der Waals surface area contributed by atoms with Gasteiger partial charge in [-0.05, 0) is 48.9 Å². The third-order valence-electron chi connectivity index (χ3n) is 6.17. The fraction of sp³-hybridized carbons (Fsp3) is 0.545. The number of carboxylic acids is 1. The number of methoxy groups -OCH3 is 1. The van der Waals surface area contributed by atoms with Gasteiger partial charge in [-0.3, -0.25) is 0 Å². The highest BCUT2D eigenvalue weighted by molar-refractivity contribution is 7.09. The van der Waals surface area contributed by atoms with Crippen LogP contribution in [-0.2, 0) is 16.1 Å². The standard InChI is InChI=1S/C22H27NO6S/c1-12-7-14(4-3-13(12)9-27-2)28-10-16-15-5-6-19(29-20(15)8-18(16)24)21-23-17(11-30-21)22(25)26/h3-4,7,11,15-16,18-20,24H,5-6,8-10H2,1-2H3,(H,25,26)/t15-,16-,18+,19-,20+/m1/s1. The van der Waals surface area contributed by atoms with Crippen molar-refractivity contribution >= 4 is 17.3 Å². The third-order valence-corrected chi connectivity index (χ3v) is 7.11. The third kappa shape index (κ3) is 4.37. The molecule has 2 aromatic rings. The molecule has 0 amide bonds. The predicted molar refractivity (Wildman–Crippen MR) is 111 cm³/mol. The van der Waals surface area contributed by atoms with E-state index >= 15 is 0 Å². The number of nitrogens with zero attached hydrogens (tertiary/aromatic N) is 1. The van der Waals surface area contributed by atoms with Crippen LogP contribution in [0.3, 0.4) is 0 Å². The molecule has 7 nitrogen and oxygen atoms in total. The number of thiazole rings is 1. The van der Waals surface area contributed by atoms with E-state index in [2.05, 4.69) is 4.98 Å². The molecule has 8 heteroatoms. The Labute approximate surface area is 179 Å². The van der Waals surface area contributed by atoms with E-state index in [0.29, 0.717) is 24.6 Å². The first-order valence-electron chi connectivity index (χ1n) is 10.2. The number of carboxylic acid groups (broad SMARTS) is 1. The number of benzene rings is 1. The van der Waals surface area contributed by atoms with E-state index in [0.717, 1.165) is 29.7 Å². The number of hydrogen-bond acceptors (Lipinski definition) is 7. The van der Waals surface area contributed by atoms with Gasteiger partial charge in [0.05, 0.1) is 25.4 Å². The Balaban J connectivity index is 1.36. The molecule has 1 aromatic heterocycles. The molecule has 2 N–H and O–H groups in total. The van der Waals surface area contributed by atoms with E-state index in [1.165, 1.54) is 11.3 Å². The predicted octanol–water partition coefficient (Wildman–Crippen LogP) is 3.59. The van der Waals surface area contributed by atoms with Gasteiger partial charge in [0.2, 0.25) is 0 Å². The Morgan fingerprint density at radius 2 is 2.20 bits per heavy atom. The second kappa shape index (κ2) is 9.01. The first-order chi connectivity index (χ1) is 14.5. The van der Waals surface area contributed by atoms with Crippen LogP contribution in [0.2, 0.25) is 0 Å². The molecule has 5 atom stereocenters. The molecule has 0 radical (unpaired) electrons. The zero-order valence-corrected chi connectivity index (χ0v) is 17.9. The van der Waals surface area contributed by atoms with Gasteiger partial charge in [-0.1, -0.05) is 6.07 Å². The van der Waals surface area contributed by atoms with Gasteiger partial charge in [-0.25, -0.2) is 9.78 Å². The van der Waals surface area contributed by atoms with E-state index in [1.54, 1.807) is 12.5 Å². The Hall–Kier alpha value is -2.00. The fourth-order valence-electron chi connectivity index (χ4n) is 4.55. The van der Waals surface area contributed by atoms with E-state index in [4.69, 9.17) is 19.3 Å². The molecule has 1 aromatic carbocycles. The first kappa shape index (κ1) is 21.2. The summed E-state index contributed by atoms with van der Waals surface area (Å²) in [4.78, 5) is 15.3. The van der Waals surface area contributed by atoms with Crippen molar-refractivity contribution in [3.63, 3.8) is 0 Å². The summed E-state index contributed by atoms with van der Waals surface area (Å²) in [6.45, 7) is 3.05. The highest BCUT2D eigenvalue weighted by atomic mass is 32.1. The maximum Gasteiger partial charge on any atom is 0.355 e. The number of carbonyl (C=O) groups is 1. The highest BCUT2D eigenvalue weighted by Gasteiger charge is 2.47. The van der Waals surface area contributed by atoms with Gasteiger partial charge in [0.25, 0.3) is 0 Å². The van der Waals surface area contributed by atoms with E-state index < -0.39 is 12.1 Å². The minimum absolute atomic E-state index is 0.0146. The topological polar surface area (TPSA) is 98.1 Å². The van der Waals surface area contributed by atoms with Crippen molar-refractivity contribution in [1.82, 2.24) is 4.98 Å². The molecule has 0 bridgehead atoms. The summed E-state index contributed by atoms with van der Waals surface area (Å²) in [6, 6.07) is 5.95. The molecule has 1 saturated carbocycles. The highest BCUT2D eigenvalue weighted by Crippen LogP contribution is 2.46. The second-order valence-electron chi connectivity index (χ2n) is 8.08. The number of aliphatic hydroxyl groups is 1. The molecule has 0 unspecified atom stereocenters. The van der Waals surface area contributed by atoms with Gasteiger partial charge >= 0.3 is 5.97 Å². The lowest BCUT2D eigenvalue weighted by molar-refractivity contribution is -0.0811. The number of rotatable bonds is 7. The van der Waals surface area contributed by atoms with Gasteiger partial charge in [-0.2, -0.15) is 0 Å². The van der Waals surface area contributed by atoms with E-state index in [9.17, 15) is 9.90 Å². The molecule has 162 valence electrons. The number of hydrogen-bond donors (Lipinski definition) is 2. The van der Waals surface area contributed by atoms with Crippen LogP contribution in [-0.4, -0.2) is 47.1 Å². The quantitative estimate of drug-likeness (QED) is 0.688. The van der Waals surface area contributed by atoms with Crippen LogP contribution in [0, 0.1) is 18.8 Å². The second-order valence-corrected chi connectivity index (χ2v) is 8.97. The summed E-state index contributed by atoms with van der Waals surface area (Å²) in [5.74, 6) is 0.0107. The lowest BCUT2D eigenvalue weighted by Crippen LogP contribution is -2.33. The molecule has 1 saturated heterocycles. The SMILES string of the molecule is COCc1ccc(OC[C@@H]2[C@H]3CC[C@H](c4nc(C(=O)O)cs4)O[C@H]3C[C@@H]2O)cc1C. The van der Waals surface area contributed by atoms with Crippen LogP contribution in [0.4, 0.5) is 0 Å². The summed E-state index contributed by atoms with van der Waals surface area (Å²) < 4.78 is 17.5. The molecular weight excluding hydrogens is 406 g/mol. The van der Waals surface area contributed by atoms with Crippen LogP contribution < -0.4 is 4.74 Å². The van der Waals surface area contributed by atoms with Gasteiger partial charge in [-0.15, -0.1) is 11.3 Å². The molecule has 2 aliphatic rings. The van der Waals surface area contributed by atoms with Crippen molar-refractivity contribution in [2.45, 2.75) is 51.1 Å². The molecule has 30 heavy (non-hydrogen) atoms. The smallest absolute Gasteiger partial charge is 0.355 e. The molecule has 4 rings (SSSR count). The summed E-state index contributed by atoms with van der Waals surface area (Å²) in [7, 11) is 1.68. The summed E-state index contributed by atoms with van der Waals surface area (Å²) in [6.07, 6.45) is 1.50. The summed E-state index contributed by atoms with van der Waals surface area (Å²) >= 11 is 1.32. The van der Waals surface area contributed by atoms with Crippen LogP contribution in [0.1, 0.15) is 52.0 Å². The molecule has 2 heterocycles. The van der Waals surface area contributed by atoms with Gasteiger partial charge < -0.3 is 24.4 Å². The maximum atomic E-state index is 11.1. The Bertz CT molecular complexity index is 900. The zero-order chi connectivity index (χ0) is 21.3. The number of aromatic nitrogens is 1. The van der Waals surface area contributed by atoms with Gasteiger partial charge in [0.15, 0.2) is 5.69 Å². The Kier molecular flexibility index (Phi) is 6.38. The van der Waals surface area contributed by atoms with Crippen LogP contribution in [0.5, 0.6) is 5.75 Å².